The molecular weight excluding hydrogens is 504 g/mol. The predicted molar refractivity (Wildman–Crippen MR) is 140 cm³/mol. The molecule has 9 nitrogen and oxygen atoms in total. The van der Waals surface area contributed by atoms with Gasteiger partial charge < -0.3 is 29.7 Å². The van der Waals surface area contributed by atoms with Gasteiger partial charge in [-0.3, -0.25) is 4.79 Å². The number of halogens is 1. The van der Waals surface area contributed by atoms with Crippen molar-refractivity contribution in [1.82, 2.24) is 15.2 Å². The number of ether oxygens (including phenoxy) is 3. The van der Waals surface area contributed by atoms with Crippen LogP contribution in [0.25, 0.3) is 0 Å². The highest BCUT2D eigenvalue weighted by atomic mass is 35.5. The second kappa shape index (κ2) is 13.7. The monoisotopic (exact) mass is 532 g/mol. The third-order valence-electron chi connectivity index (χ3n) is 5.19. The zero-order valence-corrected chi connectivity index (χ0v) is 21.9. The van der Waals surface area contributed by atoms with Crippen molar-refractivity contribution in [2.45, 2.75) is 13.0 Å². The van der Waals surface area contributed by atoms with Crippen LogP contribution in [0.4, 0.5) is 10.5 Å². The zero-order valence-electron chi connectivity index (χ0n) is 20.4. The van der Waals surface area contributed by atoms with Gasteiger partial charge in [0.15, 0.2) is 11.5 Å². The van der Waals surface area contributed by atoms with E-state index in [4.69, 9.17) is 25.8 Å². The molecule has 11 heteroatoms. The Labute approximate surface area is 219 Å². The number of hydrogen-bond acceptors (Lipinski definition) is 7. The van der Waals surface area contributed by atoms with Crippen LogP contribution in [-0.4, -0.2) is 62.8 Å². The Morgan fingerprint density at radius 3 is 2.61 bits per heavy atom. The van der Waals surface area contributed by atoms with Gasteiger partial charge in [-0.1, -0.05) is 23.7 Å². The molecule has 192 valence electrons. The standard InChI is InChI=1S/C25H29ClN4O5S/c1-33-12-11-30(25(32)28-19-6-4-5-18(26)14-19)15-23-29-20(16-36-23)24(31)27-10-9-17-7-8-21(34-2)22(13-17)35-3/h4-8,13-14,16H,9-12,15H2,1-3H3,(H,27,31)(H,28,32). The van der Waals surface area contributed by atoms with E-state index in [0.717, 1.165) is 5.56 Å². The first-order chi connectivity index (χ1) is 17.4. The third-order valence-corrected chi connectivity index (χ3v) is 6.25. The summed E-state index contributed by atoms with van der Waals surface area (Å²) in [7, 11) is 4.74. The number of carbonyl (C=O) groups excluding carboxylic acids is 2. The van der Waals surface area contributed by atoms with Gasteiger partial charge >= 0.3 is 6.03 Å². The van der Waals surface area contributed by atoms with Crippen molar-refractivity contribution in [3.8, 4) is 11.5 Å². The van der Waals surface area contributed by atoms with Crippen LogP contribution >= 0.6 is 22.9 Å². The summed E-state index contributed by atoms with van der Waals surface area (Å²) in [6, 6.07) is 12.2. The molecule has 0 spiro atoms. The number of nitrogens with zero attached hydrogens (tertiary/aromatic N) is 2. The van der Waals surface area contributed by atoms with Crippen molar-refractivity contribution in [2.24, 2.45) is 0 Å². The maximum atomic E-state index is 12.8. The molecule has 1 aromatic heterocycles. The van der Waals surface area contributed by atoms with Gasteiger partial charge in [0, 0.05) is 36.3 Å². The van der Waals surface area contributed by atoms with E-state index in [1.165, 1.54) is 11.3 Å². The van der Waals surface area contributed by atoms with Crippen molar-refractivity contribution in [3.63, 3.8) is 0 Å². The van der Waals surface area contributed by atoms with Gasteiger partial charge in [0.2, 0.25) is 0 Å². The van der Waals surface area contributed by atoms with Crippen LogP contribution in [0.1, 0.15) is 21.1 Å². The van der Waals surface area contributed by atoms with Crippen LogP contribution in [0.2, 0.25) is 5.02 Å². The third kappa shape index (κ3) is 7.84. The van der Waals surface area contributed by atoms with Crippen LogP contribution in [0.3, 0.4) is 0 Å². The summed E-state index contributed by atoms with van der Waals surface area (Å²) in [5.74, 6) is 1.02. The summed E-state index contributed by atoms with van der Waals surface area (Å²) in [6.45, 7) is 1.38. The molecule has 0 radical (unpaired) electrons. The Balaban J connectivity index is 1.56. The van der Waals surface area contributed by atoms with Crippen molar-refractivity contribution >= 4 is 40.6 Å². The maximum absolute atomic E-state index is 12.8. The lowest BCUT2D eigenvalue weighted by Gasteiger charge is -2.21. The first kappa shape index (κ1) is 27.3. The van der Waals surface area contributed by atoms with Crippen molar-refractivity contribution in [3.05, 3.63) is 69.1 Å². The molecule has 36 heavy (non-hydrogen) atoms. The molecule has 2 N–H and O–H groups in total. The summed E-state index contributed by atoms with van der Waals surface area (Å²) in [5, 5.41) is 8.56. The lowest BCUT2D eigenvalue weighted by Crippen LogP contribution is -2.36. The van der Waals surface area contributed by atoms with Gasteiger partial charge in [0.05, 0.1) is 27.4 Å². The van der Waals surface area contributed by atoms with Gasteiger partial charge in [-0.05, 0) is 42.3 Å². The minimum absolute atomic E-state index is 0.235. The van der Waals surface area contributed by atoms with Crippen LogP contribution < -0.4 is 20.1 Å². The number of aromatic nitrogens is 1. The van der Waals surface area contributed by atoms with Gasteiger partial charge in [-0.2, -0.15) is 0 Å². The van der Waals surface area contributed by atoms with E-state index in [0.29, 0.717) is 59.0 Å². The minimum Gasteiger partial charge on any atom is -0.493 e. The molecule has 0 unspecified atom stereocenters. The van der Waals surface area contributed by atoms with E-state index in [9.17, 15) is 9.59 Å². The number of rotatable bonds is 12. The number of hydrogen-bond donors (Lipinski definition) is 2. The smallest absolute Gasteiger partial charge is 0.322 e. The van der Waals surface area contributed by atoms with E-state index in [1.807, 2.05) is 18.2 Å². The Hall–Kier alpha value is -3.34. The minimum atomic E-state index is -0.314. The summed E-state index contributed by atoms with van der Waals surface area (Å²) in [4.78, 5) is 31.4. The Morgan fingerprint density at radius 2 is 1.89 bits per heavy atom. The van der Waals surface area contributed by atoms with Crippen LogP contribution in [0.15, 0.2) is 47.8 Å². The normalized spacial score (nSPS) is 10.6. The molecule has 0 aliphatic heterocycles. The fraction of sp³-hybridized carbons (Fsp3) is 0.320. The second-order valence-corrected chi connectivity index (χ2v) is 9.06. The predicted octanol–water partition coefficient (Wildman–Crippen LogP) is 4.47. The number of thiazole rings is 1. The van der Waals surface area contributed by atoms with Crippen molar-refractivity contribution < 1.29 is 23.8 Å². The van der Waals surface area contributed by atoms with E-state index >= 15 is 0 Å². The average molecular weight is 533 g/mol. The largest absolute Gasteiger partial charge is 0.493 e. The van der Waals surface area contributed by atoms with Gasteiger partial charge in [0.1, 0.15) is 10.7 Å². The molecule has 3 amide bonds. The fourth-order valence-electron chi connectivity index (χ4n) is 3.32. The maximum Gasteiger partial charge on any atom is 0.322 e. The Kier molecular flexibility index (Phi) is 10.3. The number of benzene rings is 2. The summed E-state index contributed by atoms with van der Waals surface area (Å²) >= 11 is 7.33. The first-order valence-electron chi connectivity index (χ1n) is 11.2. The molecule has 0 saturated heterocycles. The fourth-order valence-corrected chi connectivity index (χ4v) is 4.30. The van der Waals surface area contributed by atoms with Crippen LogP contribution in [-0.2, 0) is 17.7 Å². The zero-order chi connectivity index (χ0) is 25.9. The van der Waals surface area contributed by atoms with E-state index < -0.39 is 0 Å². The van der Waals surface area contributed by atoms with Gasteiger partial charge in [-0.25, -0.2) is 9.78 Å². The number of anilines is 1. The van der Waals surface area contributed by atoms with E-state index in [-0.39, 0.29) is 18.5 Å². The topological polar surface area (TPSA) is 102 Å². The SMILES string of the molecule is COCCN(Cc1nc(C(=O)NCCc2ccc(OC)c(OC)c2)cs1)C(=O)Nc1cccc(Cl)c1. The van der Waals surface area contributed by atoms with E-state index in [2.05, 4.69) is 15.6 Å². The molecule has 2 aromatic carbocycles. The molecule has 0 aliphatic carbocycles. The highest BCUT2D eigenvalue weighted by molar-refractivity contribution is 7.09. The quantitative estimate of drug-likeness (QED) is 0.357. The molecule has 0 aliphatic rings. The van der Waals surface area contributed by atoms with Crippen LogP contribution in [0, 0.1) is 0 Å². The lowest BCUT2D eigenvalue weighted by atomic mass is 10.1. The highest BCUT2D eigenvalue weighted by Crippen LogP contribution is 2.27. The van der Waals surface area contributed by atoms with Crippen molar-refractivity contribution in [1.29, 1.82) is 0 Å². The average Bonchev–Trinajstić information content (AvgIpc) is 3.35. The van der Waals surface area contributed by atoms with Crippen LogP contribution in [0.5, 0.6) is 11.5 Å². The molecule has 3 rings (SSSR count). The Bertz CT molecular complexity index is 1170. The van der Waals surface area contributed by atoms with Crippen molar-refractivity contribution in [2.75, 3.05) is 46.3 Å². The molecule has 0 atom stereocenters. The lowest BCUT2D eigenvalue weighted by molar-refractivity contribution is 0.0949. The molecule has 1 heterocycles. The van der Waals surface area contributed by atoms with E-state index in [1.54, 1.807) is 55.9 Å². The summed E-state index contributed by atoms with van der Waals surface area (Å²) < 4.78 is 15.7. The second-order valence-electron chi connectivity index (χ2n) is 7.68. The molecule has 3 aromatic rings. The molecule has 0 saturated carbocycles. The van der Waals surface area contributed by atoms with Gasteiger partial charge in [-0.15, -0.1) is 11.3 Å². The molecular formula is C25H29ClN4O5S. The molecule has 0 bridgehead atoms. The number of urea groups is 1. The summed E-state index contributed by atoms with van der Waals surface area (Å²) in [6.07, 6.45) is 0.623. The number of amides is 3. The summed E-state index contributed by atoms with van der Waals surface area (Å²) in [5.41, 5.74) is 1.90. The highest BCUT2D eigenvalue weighted by Gasteiger charge is 2.18. The number of carbonyl (C=O) groups is 2. The first-order valence-corrected chi connectivity index (χ1v) is 12.4. The Morgan fingerprint density at radius 1 is 1.08 bits per heavy atom. The molecule has 0 fully saturated rings. The van der Waals surface area contributed by atoms with Gasteiger partial charge in [0.25, 0.3) is 5.91 Å². The number of nitrogens with one attached hydrogen (secondary N) is 2. The number of methoxy groups -OCH3 is 3.